The van der Waals surface area contributed by atoms with Crippen molar-refractivity contribution in [3.8, 4) is 0 Å². The van der Waals surface area contributed by atoms with Gasteiger partial charge in [-0.25, -0.2) is 4.98 Å². The monoisotopic (exact) mass is 369 g/mol. The van der Waals surface area contributed by atoms with E-state index in [9.17, 15) is 4.79 Å². The molecule has 1 amide bonds. The van der Waals surface area contributed by atoms with E-state index in [-0.39, 0.29) is 5.91 Å². The van der Waals surface area contributed by atoms with Crippen molar-refractivity contribution < 1.29 is 4.79 Å². The van der Waals surface area contributed by atoms with E-state index in [0.29, 0.717) is 12.2 Å². The molecule has 0 saturated heterocycles. The van der Waals surface area contributed by atoms with Crippen molar-refractivity contribution in [2.45, 2.75) is 25.9 Å². The lowest BCUT2D eigenvalue weighted by Gasteiger charge is -2.31. The predicted octanol–water partition coefficient (Wildman–Crippen LogP) is 3.84. The Labute approximate surface area is 165 Å². The number of hydrogen-bond donors (Lipinski definition) is 0. The molecular formula is C24H23N3O. The molecule has 2 aliphatic heterocycles. The highest BCUT2D eigenvalue weighted by molar-refractivity contribution is 5.92. The summed E-state index contributed by atoms with van der Waals surface area (Å²) >= 11 is 0. The van der Waals surface area contributed by atoms with Gasteiger partial charge in [0.25, 0.3) is 5.91 Å². The van der Waals surface area contributed by atoms with E-state index in [1.54, 1.807) is 0 Å². The van der Waals surface area contributed by atoms with E-state index in [4.69, 9.17) is 0 Å². The second-order valence-corrected chi connectivity index (χ2v) is 7.59. The molecular weight excluding hydrogens is 346 g/mol. The zero-order valence-electron chi connectivity index (χ0n) is 15.8. The van der Waals surface area contributed by atoms with Gasteiger partial charge in [-0.15, -0.1) is 0 Å². The highest BCUT2D eigenvalue weighted by Gasteiger charge is 2.23. The topological polar surface area (TPSA) is 36.4 Å². The summed E-state index contributed by atoms with van der Waals surface area (Å²) in [5, 5.41) is 0. The first-order valence-electron chi connectivity index (χ1n) is 9.92. The van der Waals surface area contributed by atoms with Crippen LogP contribution in [0.2, 0.25) is 0 Å². The zero-order chi connectivity index (χ0) is 18.9. The summed E-state index contributed by atoms with van der Waals surface area (Å²) in [5.74, 6) is 0.0186. The zero-order valence-corrected chi connectivity index (χ0v) is 15.8. The second kappa shape index (κ2) is 7.12. The van der Waals surface area contributed by atoms with Crippen molar-refractivity contribution in [3.05, 3.63) is 94.8 Å². The van der Waals surface area contributed by atoms with Crippen LogP contribution in [0, 0.1) is 0 Å². The Morgan fingerprint density at radius 3 is 2.07 bits per heavy atom. The van der Waals surface area contributed by atoms with Crippen LogP contribution in [0.15, 0.2) is 66.9 Å². The Bertz CT molecular complexity index is 1010. The number of anilines is 1. The first-order valence-corrected chi connectivity index (χ1v) is 9.92. The molecule has 0 bridgehead atoms. The molecule has 0 spiro atoms. The molecule has 28 heavy (non-hydrogen) atoms. The van der Waals surface area contributed by atoms with Crippen LogP contribution in [0.4, 0.5) is 5.69 Å². The van der Waals surface area contributed by atoms with Crippen molar-refractivity contribution >= 4 is 11.6 Å². The molecule has 3 aromatic rings. The molecule has 4 heteroatoms. The summed E-state index contributed by atoms with van der Waals surface area (Å²) in [7, 11) is 0. The van der Waals surface area contributed by atoms with Crippen LogP contribution in [0.5, 0.6) is 0 Å². The minimum atomic E-state index is 0.0186. The van der Waals surface area contributed by atoms with E-state index in [2.05, 4.69) is 52.3 Å². The standard InChI is InChI=1S/C24H23N3O/c28-24(27-14-12-19-6-2-4-8-21(19)17-27)23-10-9-22(15-25-23)26-13-11-18-5-1-3-7-20(18)16-26/h1-10,15H,11-14,16-17H2. The Hall–Kier alpha value is -3.14. The van der Waals surface area contributed by atoms with E-state index < -0.39 is 0 Å². The maximum absolute atomic E-state index is 12.9. The number of hydrogen-bond acceptors (Lipinski definition) is 3. The summed E-state index contributed by atoms with van der Waals surface area (Å²) in [6.07, 6.45) is 3.80. The maximum atomic E-state index is 12.9. The molecule has 5 rings (SSSR count). The molecule has 140 valence electrons. The van der Waals surface area contributed by atoms with Crippen LogP contribution < -0.4 is 4.90 Å². The fourth-order valence-electron chi connectivity index (χ4n) is 4.25. The van der Waals surface area contributed by atoms with Crippen molar-refractivity contribution in [2.24, 2.45) is 0 Å². The molecule has 0 fully saturated rings. The molecule has 0 N–H and O–H groups in total. The normalized spacial score (nSPS) is 15.7. The number of carbonyl (C=O) groups excluding carboxylic acids is 1. The first-order chi connectivity index (χ1) is 13.8. The lowest BCUT2D eigenvalue weighted by Crippen LogP contribution is -2.36. The van der Waals surface area contributed by atoms with Gasteiger partial charge in [0, 0.05) is 26.2 Å². The summed E-state index contributed by atoms with van der Waals surface area (Å²) < 4.78 is 0. The van der Waals surface area contributed by atoms with Crippen molar-refractivity contribution in [3.63, 3.8) is 0 Å². The Kier molecular flexibility index (Phi) is 4.32. The van der Waals surface area contributed by atoms with Crippen molar-refractivity contribution in [1.29, 1.82) is 0 Å². The number of rotatable bonds is 2. The van der Waals surface area contributed by atoms with Crippen LogP contribution in [0.25, 0.3) is 0 Å². The molecule has 4 nitrogen and oxygen atoms in total. The molecule has 0 aliphatic carbocycles. The Morgan fingerprint density at radius 2 is 1.39 bits per heavy atom. The molecule has 2 aromatic carbocycles. The van der Waals surface area contributed by atoms with Crippen LogP contribution in [0.1, 0.15) is 32.7 Å². The predicted molar refractivity (Wildman–Crippen MR) is 110 cm³/mol. The van der Waals surface area contributed by atoms with Crippen molar-refractivity contribution in [1.82, 2.24) is 9.88 Å². The van der Waals surface area contributed by atoms with Gasteiger partial charge in [0.1, 0.15) is 5.69 Å². The molecule has 0 atom stereocenters. The highest BCUT2D eigenvalue weighted by atomic mass is 16.2. The molecule has 0 unspecified atom stereocenters. The lowest BCUT2D eigenvalue weighted by molar-refractivity contribution is 0.0729. The molecule has 2 aliphatic rings. The van der Waals surface area contributed by atoms with Gasteiger partial charge >= 0.3 is 0 Å². The number of pyridine rings is 1. The number of fused-ring (bicyclic) bond motifs is 2. The van der Waals surface area contributed by atoms with Crippen LogP contribution in [-0.4, -0.2) is 28.9 Å². The van der Waals surface area contributed by atoms with Gasteiger partial charge in [-0.2, -0.15) is 0 Å². The van der Waals surface area contributed by atoms with Gasteiger partial charge in [0.05, 0.1) is 11.9 Å². The molecule has 0 radical (unpaired) electrons. The third-order valence-electron chi connectivity index (χ3n) is 5.88. The minimum Gasteiger partial charge on any atom is -0.366 e. The fourth-order valence-corrected chi connectivity index (χ4v) is 4.25. The van der Waals surface area contributed by atoms with Crippen LogP contribution in [0.3, 0.4) is 0 Å². The maximum Gasteiger partial charge on any atom is 0.272 e. The number of aromatic nitrogens is 1. The lowest BCUT2D eigenvalue weighted by atomic mass is 9.99. The summed E-state index contributed by atoms with van der Waals surface area (Å²) in [6.45, 7) is 3.30. The third-order valence-corrected chi connectivity index (χ3v) is 5.88. The van der Waals surface area contributed by atoms with Gasteiger partial charge in [-0.1, -0.05) is 48.5 Å². The number of amides is 1. The quantitative estimate of drug-likeness (QED) is 0.689. The summed E-state index contributed by atoms with van der Waals surface area (Å²) in [5.41, 5.74) is 7.01. The number of nitrogens with zero attached hydrogens (tertiary/aromatic N) is 3. The van der Waals surface area contributed by atoms with E-state index in [1.807, 2.05) is 29.3 Å². The first kappa shape index (κ1) is 17.0. The SMILES string of the molecule is O=C(c1ccc(N2CCc3ccccc3C2)cn1)N1CCc2ccccc2C1. The third kappa shape index (κ3) is 3.15. The fraction of sp³-hybridized carbons (Fsp3) is 0.250. The van der Waals surface area contributed by atoms with E-state index in [1.165, 1.54) is 22.3 Å². The van der Waals surface area contributed by atoms with Crippen LogP contribution in [-0.2, 0) is 25.9 Å². The Morgan fingerprint density at radius 1 is 0.750 bits per heavy atom. The average Bonchev–Trinajstić information content (AvgIpc) is 2.78. The molecule has 3 heterocycles. The van der Waals surface area contributed by atoms with Gasteiger partial charge in [0.2, 0.25) is 0 Å². The molecule has 0 saturated carbocycles. The van der Waals surface area contributed by atoms with E-state index in [0.717, 1.165) is 38.2 Å². The van der Waals surface area contributed by atoms with Crippen molar-refractivity contribution in [2.75, 3.05) is 18.0 Å². The number of benzene rings is 2. The molecule has 1 aromatic heterocycles. The largest absolute Gasteiger partial charge is 0.366 e. The average molecular weight is 369 g/mol. The van der Waals surface area contributed by atoms with E-state index >= 15 is 0 Å². The Balaban J connectivity index is 1.30. The second-order valence-electron chi connectivity index (χ2n) is 7.59. The summed E-state index contributed by atoms with van der Waals surface area (Å²) in [4.78, 5) is 21.7. The van der Waals surface area contributed by atoms with Gasteiger partial charge in [0.15, 0.2) is 0 Å². The van der Waals surface area contributed by atoms with Crippen LogP contribution >= 0.6 is 0 Å². The van der Waals surface area contributed by atoms with Gasteiger partial charge in [-0.05, 0) is 47.2 Å². The summed E-state index contributed by atoms with van der Waals surface area (Å²) in [6, 6.07) is 20.9. The minimum absolute atomic E-state index is 0.0186. The number of carbonyl (C=O) groups is 1. The van der Waals surface area contributed by atoms with Gasteiger partial charge < -0.3 is 9.80 Å². The smallest absolute Gasteiger partial charge is 0.272 e. The van der Waals surface area contributed by atoms with Gasteiger partial charge in [-0.3, -0.25) is 4.79 Å². The highest BCUT2D eigenvalue weighted by Crippen LogP contribution is 2.25.